The maximum atomic E-state index is 13.0. The molecule has 7 nitrogen and oxygen atoms in total. The Labute approximate surface area is 153 Å². The maximum absolute atomic E-state index is 13.0. The van der Waals surface area contributed by atoms with Crippen LogP contribution >= 0.6 is 0 Å². The molecule has 8 heteroatoms. The van der Waals surface area contributed by atoms with Crippen molar-refractivity contribution in [3.8, 4) is 11.3 Å². The number of fused-ring (bicyclic) bond motifs is 1. The Bertz CT molecular complexity index is 1150. The molecule has 0 radical (unpaired) electrons. The molecular weight excluding hydrogens is 349 g/mol. The molecule has 0 amide bonds. The summed E-state index contributed by atoms with van der Waals surface area (Å²) >= 11 is 0. The lowest BCUT2D eigenvalue weighted by atomic mass is 10.1. The molecule has 0 saturated heterocycles. The molecule has 0 fully saturated rings. The van der Waals surface area contributed by atoms with Gasteiger partial charge in [0.1, 0.15) is 11.5 Å². The van der Waals surface area contributed by atoms with Crippen LogP contribution in [-0.2, 0) is 7.05 Å². The van der Waals surface area contributed by atoms with E-state index in [0.717, 1.165) is 11.1 Å². The summed E-state index contributed by atoms with van der Waals surface area (Å²) in [6.45, 7) is 1.93. The highest BCUT2D eigenvalue weighted by atomic mass is 19.1. The Morgan fingerprint density at radius 1 is 1.15 bits per heavy atom. The van der Waals surface area contributed by atoms with Crippen molar-refractivity contribution >= 4 is 17.0 Å². The van der Waals surface area contributed by atoms with Crippen LogP contribution < -0.4 is 11.1 Å². The highest BCUT2D eigenvalue weighted by Crippen LogP contribution is 2.22. The maximum Gasteiger partial charge on any atom is 0.419 e. The monoisotopic (exact) mass is 365 g/mol. The van der Waals surface area contributed by atoms with Gasteiger partial charge in [-0.3, -0.25) is 4.57 Å². The molecule has 2 heterocycles. The minimum Gasteiger partial charge on any atom is -0.408 e. The molecule has 1 atom stereocenters. The van der Waals surface area contributed by atoms with Gasteiger partial charge in [-0.25, -0.2) is 14.2 Å². The number of anilines is 1. The van der Waals surface area contributed by atoms with E-state index < -0.39 is 5.76 Å². The van der Waals surface area contributed by atoms with Gasteiger partial charge < -0.3 is 9.73 Å². The number of hydrogen-bond acceptors (Lipinski definition) is 6. The first-order valence-electron chi connectivity index (χ1n) is 8.33. The lowest BCUT2D eigenvalue weighted by Gasteiger charge is -2.13. The number of nitrogens with one attached hydrogen (secondary N) is 1. The van der Waals surface area contributed by atoms with Gasteiger partial charge in [0.2, 0.25) is 5.95 Å². The average Bonchev–Trinajstić information content (AvgIpc) is 2.96. The summed E-state index contributed by atoms with van der Waals surface area (Å²) in [6.07, 6.45) is 1.60. The summed E-state index contributed by atoms with van der Waals surface area (Å²) < 4.78 is 19.6. The van der Waals surface area contributed by atoms with Crippen molar-refractivity contribution < 1.29 is 8.81 Å². The van der Waals surface area contributed by atoms with Crippen molar-refractivity contribution in [3.05, 3.63) is 70.6 Å². The van der Waals surface area contributed by atoms with Gasteiger partial charge in [0, 0.05) is 12.6 Å². The molecule has 4 aromatic rings. The predicted octanol–water partition coefficient (Wildman–Crippen LogP) is 3.30. The van der Waals surface area contributed by atoms with Crippen LogP contribution in [0.4, 0.5) is 10.3 Å². The van der Waals surface area contributed by atoms with Crippen LogP contribution in [0.15, 0.2) is 57.9 Å². The number of benzene rings is 2. The molecule has 2 aromatic heterocycles. The Balaban J connectivity index is 1.56. The van der Waals surface area contributed by atoms with Crippen LogP contribution in [0.1, 0.15) is 18.5 Å². The zero-order valence-corrected chi connectivity index (χ0v) is 14.7. The number of hydrogen-bond donors (Lipinski definition) is 1. The molecule has 0 aliphatic carbocycles. The molecule has 136 valence electrons. The van der Waals surface area contributed by atoms with Crippen molar-refractivity contribution in [1.82, 2.24) is 19.7 Å². The lowest BCUT2D eigenvalue weighted by molar-refractivity contribution is 0.528. The third-order valence-corrected chi connectivity index (χ3v) is 4.36. The van der Waals surface area contributed by atoms with Crippen molar-refractivity contribution in [3.63, 3.8) is 0 Å². The first kappa shape index (κ1) is 16.9. The Kier molecular flexibility index (Phi) is 4.15. The second kappa shape index (κ2) is 6.64. The van der Waals surface area contributed by atoms with Gasteiger partial charge in [-0.1, -0.05) is 12.1 Å². The summed E-state index contributed by atoms with van der Waals surface area (Å²) in [6, 6.07) is 11.5. The lowest BCUT2D eigenvalue weighted by Crippen LogP contribution is -2.10. The number of halogens is 1. The summed E-state index contributed by atoms with van der Waals surface area (Å²) in [5, 5.41) is 11.4. The highest BCUT2D eigenvalue weighted by molar-refractivity contribution is 5.79. The van der Waals surface area contributed by atoms with E-state index in [1.54, 1.807) is 43.6 Å². The molecular formula is C19H16FN5O2. The number of rotatable bonds is 4. The first-order valence-corrected chi connectivity index (χ1v) is 8.33. The van der Waals surface area contributed by atoms with Gasteiger partial charge in [0.15, 0.2) is 5.58 Å². The second-order valence-electron chi connectivity index (χ2n) is 6.19. The number of aryl methyl sites for hydroxylation is 1. The number of nitrogens with zero attached hydrogens (tertiary/aromatic N) is 4. The minimum atomic E-state index is -0.416. The molecule has 4 rings (SSSR count). The van der Waals surface area contributed by atoms with Crippen LogP contribution in [0.2, 0.25) is 0 Å². The number of oxazole rings is 1. The molecule has 0 unspecified atom stereocenters. The molecule has 0 aliphatic heterocycles. The Morgan fingerprint density at radius 2 is 1.93 bits per heavy atom. The quantitative estimate of drug-likeness (QED) is 0.597. The molecule has 0 saturated carbocycles. The third-order valence-electron chi connectivity index (χ3n) is 4.36. The van der Waals surface area contributed by atoms with Gasteiger partial charge in [0.25, 0.3) is 0 Å². The molecule has 0 spiro atoms. The summed E-state index contributed by atoms with van der Waals surface area (Å²) in [5.41, 5.74) is 3.45. The molecule has 0 aliphatic rings. The molecule has 1 N–H and O–H groups in total. The van der Waals surface area contributed by atoms with Crippen LogP contribution in [0.3, 0.4) is 0 Å². The second-order valence-corrected chi connectivity index (χ2v) is 6.19. The van der Waals surface area contributed by atoms with E-state index in [4.69, 9.17) is 4.42 Å². The van der Waals surface area contributed by atoms with Crippen LogP contribution in [0.25, 0.3) is 22.4 Å². The fourth-order valence-corrected chi connectivity index (χ4v) is 2.79. The van der Waals surface area contributed by atoms with E-state index in [0.29, 0.717) is 22.7 Å². The van der Waals surface area contributed by atoms with E-state index in [1.807, 2.05) is 6.92 Å². The molecule has 0 bridgehead atoms. The van der Waals surface area contributed by atoms with Gasteiger partial charge in [-0.2, -0.15) is 0 Å². The van der Waals surface area contributed by atoms with E-state index in [-0.39, 0.29) is 11.9 Å². The summed E-state index contributed by atoms with van der Waals surface area (Å²) in [4.78, 5) is 15.9. The summed E-state index contributed by atoms with van der Waals surface area (Å²) in [7, 11) is 1.64. The van der Waals surface area contributed by atoms with Crippen LogP contribution in [0, 0.1) is 5.82 Å². The largest absolute Gasteiger partial charge is 0.419 e. The standard InChI is InChI=1S/C19H16FN5O2/c1-11(12-3-6-14(20)7-4-12)22-18-21-10-15(23-24-18)13-5-8-17-16(9-13)25(2)19(26)27-17/h3-11H,1-2H3,(H,21,22,24)/t11-/m1/s1. The SMILES string of the molecule is C[C@@H](Nc1ncc(-c2ccc3oc(=O)n(C)c3c2)nn1)c1ccc(F)cc1. The van der Waals surface area contributed by atoms with Crippen molar-refractivity contribution in [2.75, 3.05) is 5.32 Å². The smallest absolute Gasteiger partial charge is 0.408 e. The zero-order chi connectivity index (χ0) is 19.0. The van der Waals surface area contributed by atoms with Crippen LogP contribution in [0.5, 0.6) is 0 Å². The Hall–Kier alpha value is -3.55. The van der Waals surface area contributed by atoms with Crippen LogP contribution in [-0.4, -0.2) is 19.7 Å². The number of aromatic nitrogens is 4. The van der Waals surface area contributed by atoms with Gasteiger partial charge >= 0.3 is 5.76 Å². The molecule has 2 aromatic carbocycles. The van der Waals surface area contributed by atoms with Gasteiger partial charge in [-0.15, -0.1) is 10.2 Å². The van der Waals surface area contributed by atoms with Gasteiger partial charge in [-0.05, 0) is 42.8 Å². The normalized spacial score (nSPS) is 12.3. The molecule has 27 heavy (non-hydrogen) atoms. The van der Waals surface area contributed by atoms with Gasteiger partial charge in [0.05, 0.1) is 17.8 Å². The van der Waals surface area contributed by atoms with Crippen molar-refractivity contribution in [2.24, 2.45) is 7.05 Å². The fraction of sp³-hybridized carbons (Fsp3) is 0.158. The third kappa shape index (κ3) is 3.29. The summed E-state index contributed by atoms with van der Waals surface area (Å²) in [5.74, 6) is -0.326. The van der Waals surface area contributed by atoms with Crippen molar-refractivity contribution in [2.45, 2.75) is 13.0 Å². The predicted molar refractivity (Wildman–Crippen MR) is 98.7 cm³/mol. The van der Waals surface area contributed by atoms with E-state index in [9.17, 15) is 9.18 Å². The van der Waals surface area contributed by atoms with E-state index in [2.05, 4.69) is 20.5 Å². The highest BCUT2D eigenvalue weighted by Gasteiger charge is 2.11. The zero-order valence-electron chi connectivity index (χ0n) is 14.7. The Morgan fingerprint density at radius 3 is 2.63 bits per heavy atom. The average molecular weight is 365 g/mol. The van der Waals surface area contributed by atoms with Crippen molar-refractivity contribution in [1.29, 1.82) is 0 Å². The van der Waals surface area contributed by atoms with E-state index in [1.165, 1.54) is 16.7 Å². The first-order chi connectivity index (χ1) is 13.0. The topological polar surface area (TPSA) is 85.8 Å². The fourth-order valence-electron chi connectivity index (χ4n) is 2.79. The van der Waals surface area contributed by atoms with E-state index >= 15 is 0 Å². The minimum absolute atomic E-state index is 0.102.